The molecule has 4 nitrogen and oxygen atoms in total. The molecular formula is C20H24FN3O. The predicted molar refractivity (Wildman–Crippen MR) is 98.9 cm³/mol. The van der Waals surface area contributed by atoms with E-state index in [0.717, 1.165) is 36.4 Å². The van der Waals surface area contributed by atoms with Crippen molar-refractivity contribution >= 4 is 17.3 Å². The van der Waals surface area contributed by atoms with Crippen LogP contribution >= 0.6 is 0 Å². The molecule has 1 heterocycles. The highest BCUT2D eigenvalue weighted by molar-refractivity contribution is 5.76. The Labute approximate surface area is 147 Å². The Balaban J connectivity index is 1.41. The summed E-state index contributed by atoms with van der Waals surface area (Å²) in [6.07, 6.45) is 2.14. The third kappa shape index (κ3) is 4.72. The minimum absolute atomic E-state index is 0.0588. The van der Waals surface area contributed by atoms with Crippen molar-refractivity contribution in [3.63, 3.8) is 0 Å². The summed E-state index contributed by atoms with van der Waals surface area (Å²) in [5.41, 5.74) is 8.69. The van der Waals surface area contributed by atoms with Gasteiger partial charge in [-0.3, -0.25) is 4.79 Å². The van der Waals surface area contributed by atoms with Crippen LogP contribution in [0.3, 0.4) is 0 Å². The highest BCUT2D eigenvalue weighted by Crippen LogP contribution is 2.23. The second kappa shape index (κ2) is 8.01. The van der Waals surface area contributed by atoms with Crippen LogP contribution in [0, 0.1) is 11.7 Å². The Hall–Kier alpha value is -2.56. The number of halogens is 1. The van der Waals surface area contributed by atoms with Gasteiger partial charge in [-0.2, -0.15) is 0 Å². The number of carbonyl (C=O) groups excluding carboxylic acids is 1. The molecule has 0 radical (unpaired) electrons. The molecule has 1 aliphatic heterocycles. The summed E-state index contributed by atoms with van der Waals surface area (Å²) in [5.74, 6) is 0.269. The second-order valence-corrected chi connectivity index (χ2v) is 6.58. The number of nitrogens with zero attached hydrogens (tertiary/aromatic N) is 1. The van der Waals surface area contributed by atoms with Gasteiger partial charge >= 0.3 is 0 Å². The van der Waals surface area contributed by atoms with Crippen LogP contribution in [0.4, 0.5) is 15.8 Å². The minimum Gasteiger partial charge on any atom is -0.399 e. The monoisotopic (exact) mass is 341 g/mol. The van der Waals surface area contributed by atoms with Crippen molar-refractivity contribution in [2.75, 3.05) is 30.3 Å². The number of rotatable bonds is 6. The van der Waals surface area contributed by atoms with Crippen LogP contribution < -0.4 is 16.0 Å². The third-order valence-electron chi connectivity index (χ3n) is 4.74. The molecule has 1 atom stereocenters. The maximum absolute atomic E-state index is 13.0. The Kier molecular flexibility index (Phi) is 5.53. The lowest BCUT2D eigenvalue weighted by atomic mass is 10.1. The number of amides is 1. The Morgan fingerprint density at radius 1 is 1.20 bits per heavy atom. The third-order valence-corrected chi connectivity index (χ3v) is 4.74. The molecule has 0 spiro atoms. The number of hydrogen-bond acceptors (Lipinski definition) is 3. The van der Waals surface area contributed by atoms with Crippen LogP contribution in [0.1, 0.15) is 18.4 Å². The van der Waals surface area contributed by atoms with Crippen molar-refractivity contribution in [1.29, 1.82) is 0 Å². The van der Waals surface area contributed by atoms with E-state index in [2.05, 4.69) is 10.2 Å². The lowest BCUT2D eigenvalue weighted by molar-refractivity contribution is -0.121. The summed E-state index contributed by atoms with van der Waals surface area (Å²) in [6.45, 7) is 2.51. The Morgan fingerprint density at radius 3 is 2.72 bits per heavy atom. The zero-order valence-corrected chi connectivity index (χ0v) is 14.2. The van der Waals surface area contributed by atoms with Crippen LogP contribution in [0.15, 0.2) is 48.5 Å². The van der Waals surface area contributed by atoms with Gasteiger partial charge in [0, 0.05) is 37.4 Å². The number of nitrogens with one attached hydrogen (secondary N) is 1. The molecule has 3 N–H and O–H groups in total. The molecule has 0 bridgehead atoms. The fraction of sp³-hybridized carbons (Fsp3) is 0.350. The van der Waals surface area contributed by atoms with Crippen LogP contribution in [0.2, 0.25) is 0 Å². The van der Waals surface area contributed by atoms with E-state index in [1.54, 1.807) is 12.1 Å². The summed E-state index contributed by atoms with van der Waals surface area (Å²) < 4.78 is 13.0. The van der Waals surface area contributed by atoms with Gasteiger partial charge in [0.05, 0.1) is 0 Å². The lowest BCUT2D eigenvalue weighted by Gasteiger charge is -2.18. The summed E-state index contributed by atoms with van der Waals surface area (Å²) in [6, 6.07) is 14.2. The summed E-state index contributed by atoms with van der Waals surface area (Å²) in [5, 5.41) is 3.03. The normalized spacial score (nSPS) is 16.8. The van der Waals surface area contributed by atoms with Crippen molar-refractivity contribution in [1.82, 2.24) is 5.32 Å². The standard InChI is InChI=1S/C20H24FN3O/c21-17-6-8-18(9-7-17)24-12-11-15(14-24)13-23-20(25)10-5-16-3-1-2-4-19(16)22/h1-4,6-9,15H,5,10-14,22H2,(H,23,25). The minimum atomic E-state index is -0.217. The number of para-hydroxylation sites is 1. The van der Waals surface area contributed by atoms with Crippen molar-refractivity contribution in [3.8, 4) is 0 Å². The highest BCUT2D eigenvalue weighted by Gasteiger charge is 2.23. The number of anilines is 2. The Morgan fingerprint density at radius 2 is 1.96 bits per heavy atom. The van der Waals surface area contributed by atoms with E-state index in [4.69, 9.17) is 5.73 Å². The Bertz CT molecular complexity index is 717. The zero-order chi connectivity index (χ0) is 17.6. The largest absolute Gasteiger partial charge is 0.399 e. The first-order chi connectivity index (χ1) is 12.1. The van der Waals surface area contributed by atoms with E-state index in [0.29, 0.717) is 25.3 Å². The average Bonchev–Trinajstić information content (AvgIpc) is 3.09. The number of carbonyl (C=O) groups is 1. The van der Waals surface area contributed by atoms with Crippen molar-refractivity contribution < 1.29 is 9.18 Å². The first kappa shape index (κ1) is 17.3. The van der Waals surface area contributed by atoms with Crippen molar-refractivity contribution in [3.05, 3.63) is 59.9 Å². The number of nitrogen functional groups attached to an aromatic ring is 1. The van der Waals surface area contributed by atoms with Crippen LogP contribution in [-0.4, -0.2) is 25.5 Å². The average molecular weight is 341 g/mol. The molecule has 2 aromatic carbocycles. The van der Waals surface area contributed by atoms with Gasteiger partial charge in [-0.05, 0) is 54.7 Å². The highest BCUT2D eigenvalue weighted by atomic mass is 19.1. The van der Waals surface area contributed by atoms with E-state index in [1.807, 2.05) is 24.3 Å². The molecule has 132 valence electrons. The molecule has 0 aliphatic carbocycles. The first-order valence-corrected chi connectivity index (χ1v) is 8.72. The van der Waals surface area contributed by atoms with Gasteiger partial charge in [0.15, 0.2) is 0 Å². The topological polar surface area (TPSA) is 58.4 Å². The van der Waals surface area contributed by atoms with E-state index in [-0.39, 0.29) is 11.7 Å². The van der Waals surface area contributed by atoms with Crippen LogP contribution in [0.5, 0.6) is 0 Å². The molecule has 5 heteroatoms. The van der Waals surface area contributed by atoms with E-state index in [1.165, 1.54) is 12.1 Å². The van der Waals surface area contributed by atoms with Gasteiger partial charge in [0.1, 0.15) is 5.82 Å². The fourth-order valence-corrected chi connectivity index (χ4v) is 3.24. The number of benzene rings is 2. The van der Waals surface area contributed by atoms with E-state index >= 15 is 0 Å². The molecular weight excluding hydrogens is 317 g/mol. The molecule has 0 saturated carbocycles. The first-order valence-electron chi connectivity index (χ1n) is 8.72. The van der Waals surface area contributed by atoms with E-state index in [9.17, 15) is 9.18 Å². The molecule has 1 fully saturated rings. The predicted octanol–water partition coefficient (Wildman–Crippen LogP) is 2.98. The summed E-state index contributed by atoms with van der Waals surface area (Å²) in [7, 11) is 0. The zero-order valence-electron chi connectivity index (χ0n) is 14.2. The molecule has 1 unspecified atom stereocenters. The molecule has 1 aliphatic rings. The smallest absolute Gasteiger partial charge is 0.220 e. The number of aryl methyl sites for hydroxylation is 1. The van der Waals surface area contributed by atoms with Gasteiger partial charge in [0.25, 0.3) is 0 Å². The van der Waals surface area contributed by atoms with Crippen molar-refractivity contribution in [2.24, 2.45) is 5.92 Å². The van der Waals surface area contributed by atoms with Gasteiger partial charge in [-0.15, -0.1) is 0 Å². The van der Waals surface area contributed by atoms with Gasteiger partial charge in [0.2, 0.25) is 5.91 Å². The SMILES string of the molecule is Nc1ccccc1CCC(=O)NCC1CCN(c2ccc(F)cc2)C1. The molecule has 25 heavy (non-hydrogen) atoms. The summed E-state index contributed by atoms with van der Waals surface area (Å²) >= 11 is 0. The maximum atomic E-state index is 13.0. The van der Waals surface area contributed by atoms with E-state index < -0.39 is 0 Å². The van der Waals surface area contributed by atoms with Gasteiger partial charge in [-0.1, -0.05) is 18.2 Å². The lowest BCUT2D eigenvalue weighted by Crippen LogP contribution is -2.31. The molecule has 2 aromatic rings. The number of hydrogen-bond donors (Lipinski definition) is 2. The molecule has 3 rings (SSSR count). The molecule has 1 saturated heterocycles. The van der Waals surface area contributed by atoms with Crippen LogP contribution in [-0.2, 0) is 11.2 Å². The van der Waals surface area contributed by atoms with Gasteiger partial charge in [-0.25, -0.2) is 4.39 Å². The number of nitrogens with two attached hydrogens (primary N) is 1. The van der Waals surface area contributed by atoms with Crippen molar-refractivity contribution in [2.45, 2.75) is 19.3 Å². The fourth-order valence-electron chi connectivity index (χ4n) is 3.24. The quantitative estimate of drug-likeness (QED) is 0.794. The summed E-state index contributed by atoms with van der Waals surface area (Å²) in [4.78, 5) is 14.3. The molecule has 0 aromatic heterocycles. The molecule has 1 amide bonds. The van der Waals surface area contributed by atoms with Crippen LogP contribution in [0.25, 0.3) is 0 Å². The second-order valence-electron chi connectivity index (χ2n) is 6.58. The van der Waals surface area contributed by atoms with Gasteiger partial charge < -0.3 is 16.0 Å². The maximum Gasteiger partial charge on any atom is 0.220 e.